The van der Waals surface area contributed by atoms with Crippen LogP contribution in [0.3, 0.4) is 0 Å². The molecule has 1 aromatic rings. The van der Waals surface area contributed by atoms with Gasteiger partial charge in [-0.25, -0.2) is 13.2 Å². The van der Waals surface area contributed by atoms with E-state index in [4.69, 9.17) is 20.2 Å². The minimum atomic E-state index is -4.34. The largest absolute Gasteiger partial charge is 0.489 e. The Hall–Kier alpha value is -1.87. The van der Waals surface area contributed by atoms with Gasteiger partial charge >= 0.3 is 11.7 Å². The van der Waals surface area contributed by atoms with Crippen molar-refractivity contribution < 1.29 is 27.6 Å². The van der Waals surface area contributed by atoms with E-state index in [1.165, 1.54) is 0 Å². The second-order valence-corrected chi connectivity index (χ2v) is 6.39. The molecule has 0 spiro atoms. The van der Waals surface area contributed by atoms with Gasteiger partial charge in [-0.1, -0.05) is 6.92 Å². The van der Waals surface area contributed by atoms with Crippen molar-refractivity contribution in [2.24, 2.45) is 0 Å². The van der Waals surface area contributed by atoms with Crippen LogP contribution in [-0.2, 0) is 13.8 Å². The third-order valence-corrected chi connectivity index (χ3v) is 3.70. The van der Waals surface area contributed by atoms with Crippen molar-refractivity contribution in [2.75, 3.05) is 13.7 Å². The summed E-state index contributed by atoms with van der Waals surface area (Å²) in [5.74, 6) is -1.42. The molecule has 1 aromatic carbocycles. The first-order chi connectivity index (χ1) is 9.72. The Morgan fingerprint density at radius 2 is 2.05 bits per heavy atom. The molecule has 0 aromatic heterocycles. The summed E-state index contributed by atoms with van der Waals surface area (Å²) in [6, 6.07) is 1.76. The minimum absolute atomic E-state index is 0.0988. The first-order valence-corrected chi connectivity index (χ1v) is 8.01. The molecule has 0 aliphatic rings. The van der Waals surface area contributed by atoms with E-state index in [-0.39, 0.29) is 12.2 Å². The fourth-order valence-corrected chi connectivity index (χ4v) is 2.53. The molecule has 21 heavy (non-hydrogen) atoms. The quantitative estimate of drug-likeness (QED) is 0.338. The van der Waals surface area contributed by atoms with Crippen molar-refractivity contribution in [3.8, 4) is 5.75 Å². The molecule has 0 unspecified atom stereocenters. The number of nitrogens with zero attached hydrogens (tertiary/aromatic N) is 1. The minimum Gasteiger partial charge on any atom is -0.489 e. The number of esters is 1. The lowest BCUT2D eigenvalue weighted by atomic mass is 10.2. The van der Waals surface area contributed by atoms with Crippen LogP contribution in [0, 0.1) is 10.1 Å². The topological polar surface area (TPSA) is 113 Å². The molecule has 0 aliphatic heterocycles. The Morgan fingerprint density at radius 3 is 2.48 bits per heavy atom. The molecule has 0 radical (unpaired) electrons. The summed E-state index contributed by atoms with van der Waals surface area (Å²) < 4.78 is 32.5. The molecule has 0 aliphatic carbocycles. The number of ether oxygens (including phenoxy) is 2. The van der Waals surface area contributed by atoms with Gasteiger partial charge in [0.2, 0.25) is 5.75 Å². The van der Waals surface area contributed by atoms with Gasteiger partial charge in [0.05, 0.1) is 24.2 Å². The number of nitro benzene ring substituents is 1. The lowest BCUT2D eigenvalue weighted by molar-refractivity contribution is -0.386. The third-order valence-electron chi connectivity index (χ3n) is 2.37. The summed E-state index contributed by atoms with van der Waals surface area (Å²) in [6.45, 7) is 1.86. The van der Waals surface area contributed by atoms with Crippen molar-refractivity contribution in [3.63, 3.8) is 0 Å². The van der Waals surface area contributed by atoms with E-state index in [9.17, 15) is 23.3 Å². The fourth-order valence-electron chi connectivity index (χ4n) is 1.51. The fraction of sp³-hybridized carbons (Fsp3) is 0.364. The SMILES string of the molecule is CCCOC(=O)c1cc([N+](=O)[O-])c(OC)c(S(=O)(=O)Cl)c1. The normalized spacial score (nSPS) is 11.0. The van der Waals surface area contributed by atoms with Crippen LogP contribution in [0.4, 0.5) is 5.69 Å². The number of hydrogen-bond donors (Lipinski definition) is 0. The second-order valence-electron chi connectivity index (χ2n) is 3.86. The summed E-state index contributed by atoms with van der Waals surface area (Å²) in [6.07, 6.45) is 0.546. The van der Waals surface area contributed by atoms with Crippen molar-refractivity contribution in [1.82, 2.24) is 0 Å². The van der Waals surface area contributed by atoms with Gasteiger partial charge < -0.3 is 9.47 Å². The molecular weight excluding hydrogens is 326 g/mol. The van der Waals surface area contributed by atoms with Gasteiger partial charge in [0, 0.05) is 16.7 Å². The molecular formula is C11H12ClNO7S. The molecule has 0 fully saturated rings. The average Bonchev–Trinajstić information content (AvgIpc) is 2.41. The van der Waals surface area contributed by atoms with E-state index in [0.717, 1.165) is 19.2 Å². The third kappa shape index (κ3) is 4.05. The predicted molar refractivity (Wildman–Crippen MR) is 73.3 cm³/mol. The number of carbonyl (C=O) groups excluding carboxylic acids is 1. The van der Waals surface area contributed by atoms with E-state index < -0.39 is 36.3 Å². The maximum Gasteiger partial charge on any atom is 0.338 e. The van der Waals surface area contributed by atoms with Crippen molar-refractivity contribution in [1.29, 1.82) is 0 Å². The van der Waals surface area contributed by atoms with Crippen LogP contribution in [0.5, 0.6) is 5.75 Å². The molecule has 116 valence electrons. The van der Waals surface area contributed by atoms with Crippen molar-refractivity contribution >= 4 is 31.4 Å². The predicted octanol–water partition coefficient (Wildman–Crippen LogP) is 2.10. The summed E-state index contributed by atoms with van der Waals surface area (Å²) in [4.78, 5) is 21.2. The maximum atomic E-state index is 11.7. The molecule has 8 nitrogen and oxygen atoms in total. The summed E-state index contributed by atoms with van der Waals surface area (Å²) in [5, 5.41) is 11.0. The highest BCUT2D eigenvalue weighted by Crippen LogP contribution is 2.37. The van der Waals surface area contributed by atoms with E-state index in [1.807, 2.05) is 0 Å². The van der Waals surface area contributed by atoms with Gasteiger partial charge in [-0.3, -0.25) is 10.1 Å². The Labute approximate surface area is 125 Å². The molecule has 0 amide bonds. The Bertz CT molecular complexity index is 671. The standard InChI is InChI=1S/C11H12ClNO7S/c1-3-4-20-11(14)7-5-8(13(15)16)10(19-2)9(6-7)21(12,17)18/h5-6H,3-4H2,1-2H3. The van der Waals surface area contributed by atoms with Crippen LogP contribution in [0.1, 0.15) is 23.7 Å². The van der Waals surface area contributed by atoms with Crippen molar-refractivity contribution in [3.05, 3.63) is 27.8 Å². The first kappa shape index (κ1) is 17.2. The van der Waals surface area contributed by atoms with E-state index in [0.29, 0.717) is 6.42 Å². The maximum absolute atomic E-state index is 11.7. The molecule has 0 saturated carbocycles. The number of hydrogen-bond acceptors (Lipinski definition) is 7. The summed E-state index contributed by atoms with van der Waals surface area (Å²) in [7, 11) is 1.93. The number of halogens is 1. The van der Waals surface area contributed by atoms with Gasteiger partial charge in [0.1, 0.15) is 4.90 Å². The number of nitro groups is 1. The van der Waals surface area contributed by atoms with Crippen LogP contribution in [0.15, 0.2) is 17.0 Å². The molecule has 0 N–H and O–H groups in total. The van der Waals surface area contributed by atoms with Gasteiger partial charge in [0.15, 0.2) is 0 Å². The molecule has 1 rings (SSSR count). The number of carbonyl (C=O) groups is 1. The van der Waals surface area contributed by atoms with Gasteiger partial charge in [-0.15, -0.1) is 0 Å². The first-order valence-electron chi connectivity index (χ1n) is 5.70. The van der Waals surface area contributed by atoms with Crippen LogP contribution in [0.25, 0.3) is 0 Å². The number of benzene rings is 1. The van der Waals surface area contributed by atoms with Crippen LogP contribution < -0.4 is 4.74 Å². The van der Waals surface area contributed by atoms with E-state index >= 15 is 0 Å². The van der Waals surface area contributed by atoms with Crippen LogP contribution >= 0.6 is 10.7 Å². The highest BCUT2D eigenvalue weighted by molar-refractivity contribution is 8.13. The molecule has 10 heteroatoms. The molecule has 0 atom stereocenters. The zero-order valence-corrected chi connectivity index (χ0v) is 12.7. The second kappa shape index (κ2) is 6.72. The van der Waals surface area contributed by atoms with Crippen LogP contribution in [-0.4, -0.2) is 33.0 Å². The average molecular weight is 338 g/mol. The zero-order chi connectivity index (χ0) is 16.2. The smallest absolute Gasteiger partial charge is 0.338 e. The zero-order valence-electron chi connectivity index (χ0n) is 11.2. The summed E-state index contributed by atoms with van der Waals surface area (Å²) >= 11 is 0. The molecule has 0 bridgehead atoms. The lowest BCUT2D eigenvalue weighted by Crippen LogP contribution is -2.09. The monoisotopic (exact) mass is 337 g/mol. The van der Waals surface area contributed by atoms with Gasteiger partial charge in [-0.05, 0) is 12.5 Å². The van der Waals surface area contributed by atoms with Crippen LogP contribution in [0.2, 0.25) is 0 Å². The number of methoxy groups -OCH3 is 1. The van der Waals surface area contributed by atoms with Crippen molar-refractivity contribution in [2.45, 2.75) is 18.2 Å². The van der Waals surface area contributed by atoms with Gasteiger partial charge in [0.25, 0.3) is 9.05 Å². The summed E-state index contributed by atoms with van der Waals surface area (Å²) in [5.41, 5.74) is -0.988. The Balaban J connectivity index is 3.53. The van der Waals surface area contributed by atoms with E-state index in [2.05, 4.69) is 0 Å². The number of rotatable bonds is 6. The van der Waals surface area contributed by atoms with E-state index in [1.54, 1.807) is 6.92 Å². The van der Waals surface area contributed by atoms with Gasteiger partial charge in [-0.2, -0.15) is 0 Å². The lowest BCUT2D eigenvalue weighted by Gasteiger charge is -2.09. The Kier molecular flexibility index (Phi) is 5.50. The molecule has 0 saturated heterocycles. The highest BCUT2D eigenvalue weighted by Gasteiger charge is 2.29. The molecule has 0 heterocycles. The highest BCUT2D eigenvalue weighted by atomic mass is 35.7. The Morgan fingerprint density at radius 1 is 1.43 bits per heavy atom.